The van der Waals surface area contributed by atoms with Crippen molar-refractivity contribution >= 4 is 23.7 Å². The van der Waals surface area contributed by atoms with Crippen molar-refractivity contribution in [2.45, 2.75) is 71.1 Å². The van der Waals surface area contributed by atoms with Crippen LogP contribution in [0.1, 0.15) is 53.5 Å². The fourth-order valence-corrected chi connectivity index (χ4v) is 3.11. The third kappa shape index (κ3) is 5.51. The van der Waals surface area contributed by atoms with Crippen LogP contribution in [-0.4, -0.2) is 46.4 Å². The molecule has 0 radical (unpaired) electrons. The number of carboxylic acids is 1. The van der Waals surface area contributed by atoms with Crippen molar-refractivity contribution in [1.82, 2.24) is 4.90 Å². The molecule has 0 unspecified atom stereocenters. The topological polar surface area (TPSA) is 76.1 Å². The normalized spacial score (nSPS) is 20.5. The minimum absolute atomic E-state index is 0.0442. The minimum atomic E-state index is -1.08. The highest BCUT2D eigenvalue weighted by Crippen LogP contribution is 2.33. The van der Waals surface area contributed by atoms with Gasteiger partial charge in [-0.25, -0.2) is 9.59 Å². The van der Waals surface area contributed by atoms with Gasteiger partial charge >= 0.3 is 12.1 Å². The van der Waals surface area contributed by atoms with Crippen LogP contribution in [0.25, 0.3) is 0 Å². The Hall–Kier alpha value is -1.95. The van der Waals surface area contributed by atoms with Gasteiger partial charge < -0.3 is 14.6 Å². The molecule has 1 aromatic rings. The summed E-state index contributed by atoms with van der Waals surface area (Å²) in [4.78, 5) is 25.1. The lowest BCUT2D eigenvalue weighted by atomic mass is 9.87. The van der Waals surface area contributed by atoms with Crippen LogP contribution in [0.2, 0.25) is 5.02 Å². The van der Waals surface area contributed by atoms with Crippen LogP contribution in [0.5, 0.6) is 5.75 Å². The SMILES string of the molecule is CC(C)(C)OC(=O)N1C[C@H](Oc2ccc(C(C)(C)C)cc2Cl)C[C@@H]1C(=O)O. The van der Waals surface area contributed by atoms with Crippen LogP contribution in [0.4, 0.5) is 4.79 Å². The maximum absolute atomic E-state index is 12.4. The molecule has 2 rings (SSSR count). The second-order valence-electron chi connectivity index (χ2n) is 8.86. The first-order valence-electron chi connectivity index (χ1n) is 8.97. The number of amides is 1. The Bertz CT molecular complexity index is 720. The van der Waals surface area contributed by atoms with Gasteiger partial charge in [0.05, 0.1) is 11.6 Å². The number of rotatable bonds is 3. The number of carbonyl (C=O) groups excluding carboxylic acids is 1. The summed E-state index contributed by atoms with van der Waals surface area (Å²) in [6, 6.07) is 4.59. The first-order chi connectivity index (χ1) is 12.3. The van der Waals surface area contributed by atoms with E-state index in [-0.39, 0.29) is 18.4 Å². The molecular weight excluding hydrogens is 370 g/mol. The van der Waals surface area contributed by atoms with E-state index in [1.54, 1.807) is 26.8 Å². The molecule has 1 heterocycles. The van der Waals surface area contributed by atoms with Crippen LogP contribution in [0, 0.1) is 0 Å². The Balaban J connectivity index is 2.14. The van der Waals surface area contributed by atoms with Gasteiger partial charge in [0.15, 0.2) is 0 Å². The highest BCUT2D eigenvalue weighted by Gasteiger charge is 2.42. The molecule has 27 heavy (non-hydrogen) atoms. The zero-order valence-electron chi connectivity index (χ0n) is 16.7. The average molecular weight is 398 g/mol. The summed E-state index contributed by atoms with van der Waals surface area (Å²) in [7, 11) is 0. The third-order valence-corrected chi connectivity index (χ3v) is 4.56. The van der Waals surface area contributed by atoms with Gasteiger partial charge in [0.1, 0.15) is 23.5 Å². The summed E-state index contributed by atoms with van der Waals surface area (Å²) >= 11 is 6.35. The van der Waals surface area contributed by atoms with Gasteiger partial charge in [-0.2, -0.15) is 0 Å². The Kier molecular flexibility index (Phi) is 6.00. The van der Waals surface area contributed by atoms with E-state index in [2.05, 4.69) is 20.8 Å². The second-order valence-corrected chi connectivity index (χ2v) is 9.26. The highest BCUT2D eigenvalue weighted by molar-refractivity contribution is 6.32. The fourth-order valence-electron chi connectivity index (χ4n) is 2.88. The summed E-state index contributed by atoms with van der Waals surface area (Å²) in [5.41, 5.74) is 0.327. The number of likely N-dealkylation sites (tertiary alicyclic amines) is 1. The average Bonchev–Trinajstić information content (AvgIpc) is 2.91. The molecular formula is C20H28ClNO5. The lowest BCUT2D eigenvalue weighted by Crippen LogP contribution is -2.43. The minimum Gasteiger partial charge on any atom is -0.487 e. The van der Waals surface area contributed by atoms with Gasteiger partial charge in [-0.05, 0) is 43.9 Å². The number of benzene rings is 1. The maximum atomic E-state index is 12.4. The number of aliphatic carboxylic acids is 1. The van der Waals surface area contributed by atoms with Gasteiger partial charge in [-0.1, -0.05) is 38.4 Å². The molecule has 0 saturated carbocycles. The van der Waals surface area contributed by atoms with Gasteiger partial charge in [0, 0.05) is 6.42 Å². The molecule has 1 aromatic carbocycles. The molecule has 6 nitrogen and oxygen atoms in total. The molecule has 2 atom stereocenters. The Labute approximate surface area is 165 Å². The number of ether oxygens (including phenoxy) is 2. The second kappa shape index (κ2) is 7.58. The summed E-state index contributed by atoms with van der Waals surface area (Å²) in [6.07, 6.45) is -0.960. The Morgan fingerprint density at radius 2 is 1.81 bits per heavy atom. The molecule has 1 amide bonds. The van der Waals surface area contributed by atoms with E-state index in [9.17, 15) is 14.7 Å². The molecule has 0 aliphatic carbocycles. The molecule has 1 aliphatic rings. The van der Waals surface area contributed by atoms with Gasteiger partial charge in [-0.3, -0.25) is 4.90 Å². The molecule has 1 fully saturated rings. The molecule has 150 valence electrons. The van der Waals surface area contributed by atoms with Gasteiger partial charge in [0.2, 0.25) is 0 Å². The predicted octanol–water partition coefficient (Wildman–Crippen LogP) is 4.48. The van der Waals surface area contributed by atoms with E-state index >= 15 is 0 Å². The van der Waals surface area contributed by atoms with E-state index in [1.165, 1.54) is 4.90 Å². The van der Waals surface area contributed by atoms with Crippen molar-refractivity contribution in [2.24, 2.45) is 0 Å². The zero-order chi connectivity index (χ0) is 20.6. The monoisotopic (exact) mass is 397 g/mol. The summed E-state index contributed by atoms with van der Waals surface area (Å²) in [5, 5.41) is 9.93. The summed E-state index contributed by atoms with van der Waals surface area (Å²) < 4.78 is 11.2. The quantitative estimate of drug-likeness (QED) is 0.813. The van der Waals surface area contributed by atoms with Crippen molar-refractivity contribution in [2.75, 3.05) is 6.54 Å². The highest BCUT2D eigenvalue weighted by atomic mass is 35.5. The van der Waals surface area contributed by atoms with Crippen molar-refractivity contribution in [1.29, 1.82) is 0 Å². The molecule has 0 spiro atoms. The number of carboxylic acid groups (broad SMARTS) is 1. The smallest absolute Gasteiger partial charge is 0.411 e. The van der Waals surface area contributed by atoms with Crippen LogP contribution < -0.4 is 4.74 Å². The van der Waals surface area contributed by atoms with Gasteiger partial charge in [0.25, 0.3) is 0 Å². The summed E-state index contributed by atoms with van der Waals surface area (Å²) in [6.45, 7) is 11.6. The summed E-state index contributed by atoms with van der Waals surface area (Å²) in [5.74, 6) is -0.606. The number of hydrogen-bond donors (Lipinski definition) is 1. The Morgan fingerprint density at radius 1 is 1.19 bits per heavy atom. The van der Waals surface area contributed by atoms with Crippen LogP contribution in [0.15, 0.2) is 18.2 Å². The van der Waals surface area contributed by atoms with Crippen molar-refractivity contribution in [3.8, 4) is 5.75 Å². The molecule has 1 saturated heterocycles. The third-order valence-electron chi connectivity index (χ3n) is 4.27. The van der Waals surface area contributed by atoms with E-state index < -0.39 is 29.8 Å². The standard InChI is InChI=1S/C20H28ClNO5/c1-19(2,3)12-7-8-16(14(21)9-12)26-13-10-15(17(23)24)22(11-13)18(25)27-20(4,5)6/h7-9,13,15H,10-11H2,1-6H3,(H,23,24)/t13-,15-/m1/s1. The van der Waals surface area contributed by atoms with Crippen molar-refractivity contribution < 1.29 is 24.2 Å². The van der Waals surface area contributed by atoms with E-state index in [4.69, 9.17) is 21.1 Å². The maximum Gasteiger partial charge on any atom is 0.411 e. The molecule has 0 aromatic heterocycles. The first kappa shape index (κ1) is 21.4. The van der Waals surface area contributed by atoms with Crippen LogP contribution in [0.3, 0.4) is 0 Å². The first-order valence-corrected chi connectivity index (χ1v) is 9.35. The van der Waals surface area contributed by atoms with Crippen molar-refractivity contribution in [3.05, 3.63) is 28.8 Å². The molecule has 7 heteroatoms. The van der Waals surface area contributed by atoms with Crippen LogP contribution in [-0.2, 0) is 14.9 Å². The lowest BCUT2D eigenvalue weighted by Gasteiger charge is -2.26. The molecule has 0 bridgehead atoms. The number of carbonyl (C=O) groups is 2. The molecule has 1 N–H and O–H groups in total. The fraction of sp³-hybridized carbons (Fsp3) is 0.600. The lowest BCUT2D eigenvalue weighted by molar-refractivity contribution is -0.142. The Morgan fingerprint density at radius 3 is 2.30 bits per heavy atom. The van der Waals surface area contributed by atoms with E-state index in [0.717, 1.165) is 5.56 Å². The number of nitrogens with zero attached hydrogens (tertiary/aromatic N) is 1. The molecule has 1 aliphatic heterocycles. The zero-order valence-corrected chi connectivity index (χ0v) is 17.5. The van der Waals surface area contributed by atoms with E-state index in [1.807, 2.05) is 12.1 Å². The number of halogens is 1. The van der Waals surface area contributed by atoms with Crippen molar-refractivity contribution in [3.63, 3.8) is 0 Å². The van der Waals surface area contributed by atoms with Gasteiger partial charge in [-0.15, -0.1) is 0 Å². The van der Waals surface area contributed by atoms with Crippen LogP contribution >= 0.6 is 11.6 Å². The number of hydrogen-bond acceptors (Lipinski definition) is 4. The van der Waals surface area contributed by atoms with E-state index in [0.29, 0.717) is 10.8 Å². The largest absolute Gasteiger partial charge is 0.487 e. The predicted molar refractivity (Wildman–Crippen MR) is 104 cm³/mol.